The van der Waals surface area contributed by atoms with Crippen LogP contribution in [0.3, 0.4) is 0 Å². The van der Waals surface area contributed by atoms with E-state index in [0.717, 1.165) is 23.3 Å². The van der Waals surface area contributed by atoms with Crippen molar-refractivity contribution in [2.45, 2.75) is 49.2 Å². The Morgan fingerprint density at radius 3 is 2.62 bits per heavy atom. The summed E-state index contributed by atoms with van der Waals surface area (Å²) in [6.07, 6.45) is 5.88. The van der Waals surface area contributed by atoms with Gasteiger partial charge >= 0.3 is 0 Å². The van der Waals surface area contributed by atoms with Crippen molar-refractivity contribution in [1.82, 2.24) is 0 Å². The van der Waals surface area contributed by atoms with Gasteiger partial charge in [-0.25, -0.2) is 0 Å². The Balaban J connectivity index is 2.22. The number of rotatable bonds is 2. The molecule has 0 aliphatic heterocycles. The third kappa shape index (κ3) is 2.46. The highest BCUT2D eigenvalue weighted by Gasteiger charge is 2.22. The van der Waals surface area contributed by atoms with Gasteiger partial charge in [0.1, 0.15) is 0 Å². The average molecular weight is 237 g/mol. The van der Waals surface area contributed by atoms with E-state index in [1.54, 1.807) is 0 Å². The van der Waals surface area contributed by atoms with Crippen LogP contribution in [0.25, 0.3) is 0 Å². The summed E-state index contributed by atoms with van der Waals surface area (Å²) in [6.45, 7) is 2.01. The van der Waals surface area contributed by atoms with E-state index < -0.39 is 10.8 Å². The van der Waals surface area contributed by atoms with E-state index >= 15 is 0 Å². The topological polar surface area (TPSA) is 43.1 Å². The smallest absolute Gasteiger partial charge is 0.0622 e. The van der Waals surface area contributed by atoms with E-state index in [-0.39, 0.29) is 0 Å². The zero-order valence-electron chi connectivity index (χ0n) is 9.74. The second-order valence-corrected chi connectivity index (χ2v) is 6.30. The van der Waals surface area contributed by atoms with Crippen molar-refractivity contribution in [3.05, 3.63) is 23.8 Å². The van der Waals surface area contributed by atoms with Crippen molar-refractivity contribution in [3.63, 3.8) is 0 Å². The van der Waals surface area contributed by atoms with Crippen molar-refractivity contribution in [2.24, 2.45) is 0 Å². The molecule has 16 heavy (non-hydrogen) atoms. The van der Waals surface area contributed by atoms with Gasteiger partial charge in [0.15, 0.2) is 0 Å². The molecule has 0 amide bonds. The highest BCUT2D eigenvalue weighted by atomic mass is 32.2. The van der Waals surface area contributed by atoms with E-state index in [4.69, 9.17) is 5.73 Å². The van der Waals surface area contributed by atoms with Crippen LogP contribution in [-0.2, 0) is 10.8 Å². The van der Waals surface area contributed by atoms with Gasteiger partial charge in [0.05, 0.1) is 15.7 Å². The molecule has 2 nitrogen and oxygen atoms in total. The molecule has 1 aromatic rings. The number of hydrogen-bond donors (Lipinski definition) is 1. The Labute approximate surface area is 99.7 Å². The molecule has 1 aromatic carbocycles. The first-order valence-corrected chi connectivity index (χ1v) is 7.16. The zero-order valence-corrected chi connectivity index (χ0v) is 10.6. The predicted molar refractivity (Wildman–Crippen MR) is 68.9 cm³/mol. The quantitative estimate of drug-likeness (QED) is 0.803. The van der Waals surface area contributed by atoms with Crippen molar-refractivity contribution >= 4 is 16.5 Å². The molecule has 0 bridgehead atoms. The Morgan fingerprint density at radius 1 is 1.25 bits per heavy atom. The van der Waals surface area contributed by atoms with Crippen LogP contribution in [0.5, 0.6) is 0 Å². The summed E-state index contributed by atoms with van der Waals surface area (Å²) in [5.41, 5.74) is 7.71. The van der Waals surface area contributed by atoms with Gasteiger partial charge in [-0.2, -0.15) is 0 Å². The van der Waals surface area contributed by atoms with Crippen LogP contribution in [0.1, 0.15) is 37.7 Å². The molecule has 88 valence electrons. The monoisotopic (exact) mass is 237 g/mol. The first-order valence-electron chi connectivity index (χ1n) is 5.95. The van der Waals surface area contributed by atoms with E-state index in [1.165, 1.54) is 19.3 Å². The number of nitrogen functional groups attached to an aromatic ring is 1. The molecule has 1 saturated carbocycles. The largest absolute Gasteiger partial charge is 0.398 e. The summed E-state index contributed by atoms with van der Waals surface area (Å²) >= 11 is 0. The van der Waals surface area contributed by atoms with Crippen molar-refractivity contribution in [3.8, 4) is 0 Å². The third-order valence-corrected chi connectivity index (χ3v) is 5.10. The molecule has 1 aliphatic rings. The Bertz CT molecular complexity index is 397. The highest BCUT2D eigenvalue weighted by molar-refractivity contribution is 7.85. The fraction of sp³-hybridized carbons (Fsp3) is 0.538. The van der Waals surface area contributed by atoms with Crippen LogP contribution in [0.4, 0.5) is 5.69 Å². The summed E-state index contributed by atoms with van der Waals surface area (Å²) in [6, 6.07) is 5.81. The first-order chi connectivity index (χ1) is 7.68. The van der Waals surface area contributed by atoms with Gasteiger partial charge in [-0.05, 0) is 37.5 Å². The number of hydrogen-bond acceptors (Lipinski definition) is 2. The molecule has 2 N–H and O–H groups in total. The molecule has 1 fully saturated rings. The van der Waals surface area contributed by atoms with Crippen LogP contribution >= 0.6 is 0 Å². The molecule has 1 atom stereocenters. The fourth-order valence-electron chi connectivity index (χ4n) is 2.27. The summed E-state index contributed by atoms with van der Waals surface area (Å²) < 4.78 is 12.4. The third-order valence-electron chi connectivity index (χ3n) is 3.24. The summed E-state index contributed by atoms with van der Waals surface area (Å²) in [5, 5.41) is 0.317. The summed E-state index contributed by atoms with van der Waals surface area (Å²) in [5.74, 6) is 0. The number of aryl methyl sites for hydroxylation is 1. The lowest BCUT2D eigenvalue weighted by Crippen LogP contribution is -2.19. The summed E-state index contributed by atoms with van der Waals surface area (Å²) in [4.78, 5) is 0.840. The number of nitrogens with two attached hydrogens (primary N) is 1. The average Bonchev–Trinajstić information content (AvgIpc) is 2.32. The minimum absolute atomic E-state index is 0.317. The second-order valence-electron chi connectivity index (χ2n) is 4.60. The van der Waals surface area contributed by atoms with E-state index in [2.05, 4.69) is 0 Å². The minimum atomic E-state index is -0.917. The van der Waals surface area contributed by atoms with Crippen molar-refractivity contribution < 1.29 is 4.21 Å². The maximum Gasteiger partial charge on any atom is 0.0622 e. The van der Waals surface area contributed by atoms with Crippen LogP contribution < -0.4 is 5.73 Å². The number of anilines is 1. The lowest BCUT2D eigenvalue weighted by atomic mass is 10.0. The Kier molecular flexibility index (Phi) is 3.64. The lowest BCUT2D eigenvalue weighted by molar-refractivity contribution is 0.504. The fourth-order valence-corrected chi connectivity index (χ4v) is 4.00. The van der Waals surface area contributed by atoms with E-state index in [1.807, 2.05) is 25.1 Å². The Hall–Kier alpha value is -0.830. The van der Waals surface area contributed by atoms with Gasteiger partial charge in [-0.3, -0.25) is 4.21 Å². The maximum atomic E-state index is 12.4. The number of benzene rings is 1. The van der Waals surface area contributed by atoms with Gasteiger partial charge in [-0.1, -0.05) is 25.3 Å². The van der Waals surface area contributed by atoms with E-state index in [0.29, 0.717) is 10.9 Å². The standard InChI is InChI=1S/C13H19NOS/c1-10-7-8-12(14)13(9-10)16(15)11-5-3-2-4-6-11/h7-9,11H,2-6,14H2,1H3. The second kappa shape index (κ2) is 5.00. The normalized spacial score (nSPS) is 19.6. The van der Waals surface area contributed by atoms with Crippen molar-refractivity contribution in [1.29, 1.82) is 0 Å². The van der Waals surface area contributed by atoms with Gasteiger partial charge in [-0.15, -0.1) is 0 Å². The predicted octanol–water partition coefficient (Wildman–Crippen LogP) is 3.02. The van der Waals surface area contributed by atoms with Gasteiger partial charge in [0.25, 0.3) is 0 Å². The van der Waals surface area contributed by atoms with Gasteiger partial charge < -0.3 is 5.73 Å². The molecule has 1 unspecified atom stereocenters. The zero-order chi connectivity index (χ0) is 11.5. The maximum absolute atomic E-state index is 12.4. The molecule has 0 aromatic heterocycles. The molecule has 0 radical (unpaired) electrons. The minimum Gasteiger partial charge on any atom is -0.398 e. The molecule has 1 aliphatic carbocycles. The highest BCUT2D eigenvalue weighted by Crippen LogP contribution is 2.28. The SMILES string of the molecule is Cc1ccc(N)c(S(=O)C2CCCCC2)c1. The van der Waals surface area contributed by atoms with Crippen LogP contribution in [0, 0.1) is 6.92 Å². The van der Waals surface area contributed by atoms with Gasteiger partial charge in [0.2, 0.25) is 0 Å². The van der Waals surface area contributed by atoms with Gasteiger partial charge in [0, 0.05) is 10.9 Å². The van der Waals surface area contributed by atoms with Crippen LogP contribution in [0.2, 0.25) is 0 Å². The molecular formula is C13H19NOS. The molecule has 2 rings (SSSR count). The van der Waals surface area contributed by atoms with Crippen LogP contribution in [0.15, 0.2) is 23.1 Å². The Morgan fingerprint density at radius 2 is 1.94 bits per heavy atom. The first kappa shape index (κ1) is 11.6. The summed E-state index contributed by atoms with van der Waals surface area (Å²) in [7, 11) is -0.917. The molecule has 0 spiro atoms. The molecule has 3 heteroatoms. The van der Waals surface area contributed by atoms with Crippen molar-refractivity contribution in [2.75, 3.05) is 5.73 Å². The van der Waals surface area contributed by atoms with E-state index in [9.17, 15) is 4.21 Å². The lowest BCUT2D eigenvalue weighted by Gasteiger charge is -2.21. The van der Waals surface area contributed by atoms with Crippen LogP contribution in [-0.4, -0.2) is 9.46 Å². The molecular weight excluding hydrogens is 218 g/mol. The molecule has 0 heterocycles. The molecule has 0 saturated heterocycles.